The van der Waals surface area contributed by atoms with Crippen LogP contribution in [0.25, 0.3) is 0 Å². The molecule has 16 heavy (non-hydrogen) atoms. The highest BCUT2D eigenvalue weighted by atomic mass is 16.3. The van der Waals surface area contributed by atoms with Crippen LogP contribution in [0.3, 0.4) is 0 Å². The molecule has 0 aliphatic rings. The molecule has 2 nitrogen and oxygen atoms in total. The number of hydrogen-bond donors (Lipinski definition) is 2. The minimum Gasteiger partial charge on any atom is -0.393 e. The van der Waals surface area contributed by atoms with Gasteiger partial charge in [-0.05, 0) is 19.8 Å². The molecule has 2 heteroatoms. The van der Waals surface area contributed by atoms with E-state index in [-0.39, 0.29) is 12.2 Å². The van der Waals surface area contributed by atoms with Crippen LogP contribution in [0.2, 0.25) is 0 Å². The van der Waals surface area contributed by atoms with Crippen molar-refractivity contribution < 1.29 is 10.2 Å². The van der Waals surface area contributed by atoms with Crippen LogP contribution in [0.5, 0.6) is 0 Å². The molecular formula is C14H30O2. The van der Waals surface area contributed by atoms with Gasteiger partial charge in [-0.15, -0.1) is 0 Å². The van der Waals surface area contributed by atoms with Crippen LogP contribution >= 0.6 is 0 Å². The average Bonchev–Trinajstić information content (AvgIpc) is 2.21. The van der Waals surface area contributed by atoms with Crippen LogP contribution in [-0.4, -0.2) is 22.4 Å². The molecule has 0 aromatic carbocycles. The van der Waals surface area contributed by atoms with Gasteiger partial charge in [-0.25, -0.2) is 0 Å². The molecule has 2 atom stereocenters. The smallest absolute Gasteiger partial charge is 0.0564 e. The molecule has 0 fully saturated rings. The molecular weight excluding hydrogens is 200 g/mol. The van der Waals surface area contributed by atoms with Gasteiger partial charge >= 0.3 is 0 Å². The van der Waals surface area contributed by atoms with Crippen LogP contribution in [0.1, 0.15) is 78.1 Å². The molecule has 0 saturated carbocycles. The standard InChI is InChI=1S/C14H30O2/c1-3-4-5-6-7-8-9-10-11-14(16)12-13(2)15/h13-16H,3-12H2,1-2H3. The third-order valence-electron chi connectivity index (χ3n) is 3.00. The van der Waals surface area contributed by atoms with Crippen molar-refractivity contribution in [2.24, 2.45) is 0 Å². The second-order valence-electron chi connectivity index (χ2n) is 5.00. The van der Waals surface area contributed by atoms with Crippen molar-refractivity contribution in [3.63, 3.8) is 0 Å². The summed E-state index contributed by atoms with van der Waals surface area (Å²) in [6, 6.07) is 0. The molecule has 0 aromatic rings. The molecule has 0 heterocycles. The summed E-state index contributed by atoms with van der Waals surface area (Å²) in [4.78, 5) is 0. The number of hydrogen-bond acceptors (Lipinski definition) is 2. The maximum atomic E-state index is 9.53. The SMILES string of the molecule is CCCCCCCCCCC(O)CC(C)O. The molecule has 0 aliphatic carbocycles. The highest BCUT2D eigenvalue weighted by Crippen LogP contribution is 2.12. The zero-order valence-corrected chi connectivity index (χ0v) is 11.1. The fourth-order valence-electron chi connectivity index (χ4n) is 2.03. The highest BCUT2D eigenvalue weighted by Gasteiger charge is 2.06. The zero-order chi connectivity index (χ0) is 12.2. The van der Waals surface area contributed by atoms with E-state index in [1.54, 1.807) is 6.92 Å². The Morgan fingerprint density at radius 1 is 0.812 bits per heavy atom. The molecule has 2 unspecified atom stereocenters. The summed E-state index contributed by atoms with van der Waals surface area (Å²) in [5.41, 5.74) is 0. The fourth-order valence-corrected chi connectivity index (χ4v) is 2.03. The Balaban J connectivity index is 3.08. The van der Waals surface area contributed by atoms with E-state index in [1.165, 1.54) is 44.9 Å². The van der Waals surface area contributed by atoms with E-state index in [4.69, 9.17) is 5.11 Å². The Hall–Kier alpha value is -0.0800. The maximum Gasteiger partial charge on any atom is 0.0564 e. The summed E-state index contributed by atoms with van der Waals surface area (Å²) in [7, 11) is 0. The molecule has 2 N–H and O–H groups in total. The van der Waals surface area contributed by atoms with Gasteiger partial charge in [0.1, 0.15) is 0 Å². The number of aliphatic hydroxyl groups excluding tert-OH is 2. The summed E-state index contributed by atoms with van der Waals surface area (Å²) in [5, 5.41) is 18.6. The predicted molar refractivity (Wildman–Crippen MR) is 69.5 cm³/mol. The lowest BCUT2D eigenvalue weighted by atomic mass is 10.0. The van der Waals surface area contributed by atoms with Crippen molar-refractivity contribution in [2.75, 3.05) is 0 Å². The van der Waals surface area contributed by atoms with Crippen LogP contribution in [0, 0.1) is 0 Å². The van der Waals surface area contributed by atoms with Crippen LogP contribution < -0.4 is 0 Å². The van der Waals surface area contributed by atoms with Gasteiger partial charge in [0, 0.05) is 0 Å². The quantitative estimate of drug-likeness (QED) is 0.532. The molecule has 98 valence electrons. The van der Waals surface area contributed by atoms with Crippen molar-refractivity contribution in [3.8, 4) is 0 Å². The van der Waals surface area contributed by atoms with E-state index in [1.807, 2.05) is 0 Å². The summed E-state index contributed by atoms with van der Waals surface area (Å²) < 4.78 is 0. The third kappa shape index (κ3) is 12.0. The van der Waals surface area contributed by atoms with Crippen molar-refractivity contribution in [3.05, 3.63) is 0 Å². The molecule has 0 aromatic heterocycles. The Kier molecular flexibility index (Phi) is 11.3. The third-order valence-corrected chi connectivity index (χ3v) is 3.00. The van der Waals surface area contributed by atoms with Gasteiger partial charge in [0.15, 0.2) is 0 Å². The Morgan fingerprint density at radius 2 is 1.31 bits per heavy atom. The van der Waals surface area contributed by atoms with Gasteiger partial charge in [-0.1, -0.05) is 58.3 Å². The van der Waals surface area contributed by atoms with Gasteiger partial charge in [0.25, 0.3) is 0 Å². The van der Waals surface area contributed by atoms with Crippen LogP contribution in [0.15, 0.2) is 0 Å². The first-order chi connectivity index (χ1) is 7.66. The molecule has 0 bridgehead atoms. The second kappa shape index (κ2) is 11.4. The topological polar surface area (TPSA) is 40.5 Å². The summed E-state index contributed by atoms with van der Waals surface area (Å²) >= 11 is 0. The zero-order valence-electron chi connectivity index (χ0n) is 11.1. The first kappa shape index (κ1) is 15.9. The lowest BCUT2D eigenvalue weighted by Crippen LogP contribution is -2.14. The molecule has 0 aliphatic heterocycles. The maximum absolute atomic E-state index is 9.53. The van der Waals surface area contributed by atoms with Crippen molar-refractivity contribution >= 4 is 0 Å². The van der Waals surface area contributed by atoms with E-state index in [0.717, 1.165) is 12.8 Å². The Bertz CT molecular complexity index is 135. The molecule has 0 radical (unpaired) electrons. The minimum atomic E-state index is -0.371. The van der Waals surface area contributed by atoms with E-state index in [2.05, 4.69) is 6.92 Å². The van der Waals surface area contributed by atoms with Gasteiger partial charge in [-0.2, -0.15) is 0 Å². The van der Waals surface area contributed by atoms with Gasteiger partial charge in [-0.3, -0.25) is 0 Å². The van der Waals surface area contributed by atoms with Gasteiger partial charge < -0.3 is 10.2 Å². The second-order valence-corrected chi connectivity index (χ2v) is 5.00. The van der Waals surface area contributed by atoms with Crippen LogP contribution in [-0.2, 0) is 0 Å². The van der Waals surface area contributed by atoms with Gasteiger partial charge in [0.05, 0.1) is 12.2 Å². The summed E-state index contributed by atoms with van der Waals surface area (Å²) in [6.45, 7) is 3.97. The van der Waals surface area contributed by atoms with E-state index in [0.29, 0.717) is 6.42 Å². The monoisotopic (exact) mass is 230 g/mol. The lowest BCUT2D eigenvalue weighted by Gasteiger charge is -2.11. The number of aliphatic hydroxyl groups is 2. The number of rotatable bonds is 11. The molecule has 0 saturated heterocycles. The molecule has 0 rings (SSSR count). The largest absolute Gasteiger partial charge is 0.393 e. The lowest BCUT2D eigenvalue weighted by molar-refractivity contribution is 0.0834. The Labute approximate surface area is 101 Å². The van der Waals surface area contributed by atoms with E-state index < -0.39 is 0 Å². The summed E-state index contributed by atoms with van der Waals surface area (Å²) in [6.07, 6.45) is 11.1. The highest BCUT2D eigenvalue weighted by molar-refractivity contribution is 4.59. The van der Waals surface area contributed by atoms with Crippen molar-refractivity contribution in [1.82, 2.24) is 0 Å². The Morgan fingerprint density at radius 3 is 1.81 bits per heavy atom. The fraction of sp³-hybridized carbons (Fsp3) is 1.00. The molecule has 0 spiro atoms. The van der Waals surface area contributed by atoms with E-state index >= 15 is 0 Å². The molecule has 0 amide bonds. The normalized spacial score (nSPS) is 15.0. The summed E-state index contributed by atoms with van der Waals surface area (Å²) in [5.74, 6) is 0. The predicted octanol–water partition coefficient (Wildman–Crippen LogP) is 3.65. The first-order valence-corrected chi connectivity index (χ1v) is 7.03. The van der Waals surface area contributed by atoms with Crippen molar-refractivity contribution in [2.45, 2.75) is 90.3 Å². The van der Waals surface area contributed by atoms with E-state index in [9.17, 15) is 5.11 Å². The minimum absolute atomic E-state index is 0.305. The van der Waals surface area contributed by atoms with Crippen LogP contribution in [0.4, 0.5) is 0 Å². The van der Waals surface area contributed by atoms with Gasteiger partial charge in [0.2, 0.25) is 0 Å². The van der Waals surface area contributed by atoms with Crippen molar-refractivity contribution in [1.29, 1.82) is 0 Å². The number of unbranched alkanes of at least 4 members (excludes halogenated alkanes) is 7. The average molecular weight is 230 g/mol. The first-order valence-electron chi connectivity index (χ1n) is 7.03.